The summed E-state index contributed by atoms with van der Waals surface area (Å²) in [5.41, 5.74) is 1.93. The molecule has 5 nitrogen and oxygen atoms in total. The second kappa shape index (κ2) is 7.00. The zero-order valence-corrected chi connectivity index (χ0v) is 13.6. The van der Waals surface area contributed by atoms with Crippen LogP contribution in [0, 0.1) is 12.7 Å². The summed E-state index contributed by atoms with van der Waals surface area (Å²) in [6, 6.07) is 5.50. The maximum Gasteiger partial charge on any atom is 0.141 e. The van der Waals surface area contributed by atoms with Crippen molar-refractivity contribution in [1.29, 1.82) is 0 Å². The van der Waals surface area contributed by atoms with E-state index in [9.17, 15) is 4.39 Å². The largest absolute Gasteiger partial charge is 0.373 e. The Morgan fingerprint density at radius 2 is 2.17 bits per heavy atom. The summed E-state index contributed by atoms with van der Waals surface area (Å²) in [4.78, 5) is 15.6. The highest BCUT2D eigenvalue weighted by Crippen LogP contribution is 2.31. The van der Waals surface area contributed by atoms with E-state index >= 15 is 0 Å². The second-order valence-electron chi connectivity index (χ2n) is 5.93. The number of likely N-dealkylation sites (tertiary alicyclic amines) is 1. The van der Waals surface area contributed by atoms with Crippen LogP contribution in [0.2, 0.25) is 0 Å². The first-order valence-corrected chi connectivity index (χ1v) is 8.03. The SMILES string of the molecule is CNc1cc(C2CCCCN2Cc2ccc(F)cn2)nc(C)n1. The summed E-state index contributed by atoms with van der Waals surface area (Å²) >= 11 is 0. The third kappa shape index (κ3) is 3.82. The van der Waals surface area contributed by atoms with Crippen LogP contribution in [0.15, 0.2) is 24.4 Å². The number of aromatic nitrogens is 3. The quantitative estimate of drug-likeness (QED) is 0.939. The lowest BCUT2D eigenvalue weighted by Gasteiger charge is -2.35. The molecule has 0 aromatic carbocycles. The highest BCUT2D eigenvalue weighted by Gasteiger charge is 2.26. The normalized spacial score (nSPS) is 18.8. The van der Waals surface area contributed by atoms with Gasteiger partial charge in [-0.15, -0.1) is 0 Å². The van der Waals surface area contributed by atoms with Gasteiger partial charge in [-0.2, -0.15) is 0 Å². The molecule has 1 fully saturated rings. The van der Waals surface area contributed by atoms with Gasteiger partial charge in [0.25, 0.3) is 0 Å². The number of hydrogen-bond acceptors (Lipinski definition) is 5. The smallest absolute Gasteiger partial charge is 0.141 e. The number of halogens is 1. The average molecular weight is 315 g/mol. The lowest BCUT2D eigenvalue weighted by Crippen LogP contribution is -2.34. The van der Waals surface area contributed by atoms with Gasteiger partial charge in [0.05, 0.1) is 23.6 Å². The molecule has 0 radical (unpaired) electrons. The van der Waals surface area contributed by atoms with Crippen LogP contribution in [-0.4, -0.2) is 33.4 Å². The topological polar surface area (TPSA) is 53.9 Å². The average Bonchev–Trinajstić information content (AvgIpc) is 2.57. The van der Waals surface area contributed by atoms with E-state index in [0.717, 1.165) is 36.0 Å². The van der Waals surface area contributed by atoms with Crippen molar-refractivity contribution in [2.75, 3.05) is 18.9 Å². The number of nitrogens with zero attached hydrogens (tertiary/aromatic N) is 4. The van der Waals surface area contributed by atoms with Crippen LogP contribution in [0.3, 0.4) is 0 Å². The monoisotopic (exact) mass is 315 g/mol. The summed E-state index contributed by atoms with van der Waals surface area (Å²) in [6.07, 6.45) is 4.71. The Morgan fingerprint density at radius 3 is 2.91 bits per heavy atom. The molecule has 0 bridgehead atoms. The van der Waals surface area contributed by atoms with E-state index in [4.69, 9.17) is 0 Å². The molecule has 1 unspecified atom stereocenters. The van der Waals surface area contributed by atoms with E-state index in [1.807, 2.05) is 20.0 Å². The van der Waals surface area contributed by atoms with E-state index in [0.29, 0.717) is 6.54 Å². The van der Waals surface area contributed by atoms with Crippen molar-refractivity contribution in [2.45, 2.75) is 38.8 Å². The molecule has 0 aliphatic carbocycles. The van der Waals surface area contributed by atoms with Gasteiger partial charge in [-0.3, -0.25) is 9.88 Å². The molecular formula is C17H22FN5. The number of anilines is 1. The number of rotatable bonds is 4. The number of nitrogens with one attached hydrogen (secondary N) is 1. The van der Waals surface area contributed by atoms with Gasteiger partial charge in [0.2, 0.25) is 0 Å². The van der Waals surface area contributed by atoms with Gasteiger partial charge in [-0.1, -0.05) is 6.42 Å². The van der Waals surface area contributed by atoms with Gasteiger partial charge in [-0.25, -0.2) is 14.4 Å². The third-order valence-corrected chi connectivity index (χ3v) is 4.22. The molecule has 3 heterocycles. The molecule has 1 aliphatic rings. The first-order valence-electron chi connectivity index (χ1n) is 8.03. The molecular weight excluding hydrogens is 293 g/mol. The zero-order valence-electron chi connectivity index (χ0n) is 13.6. The molecule has 2 aromatic heterocycles. The molecule has 23 heavy (non-hydrogen) atoms. The molecule has 122 valence electrons. The fraction of sp³-hybridized carbons (Fsp3) is 0.471. The van der Waals surface area contributed by atoms with Gasteiger partial charge in [0, 0.05) is 19.7 Å². The number of aryl methyl sites for hydroxylation is 1. The predicted octanol–water partition coefficient (Wildman–Crippen LogP) is 3.09. The Bertz CT molecular complexity index is 659. The van der Waals surface area contributed by atoms with Crippen molar-refractivity contribution in [1.82, 2.24) is 19.9 Å². The lowest BCUT2D eigenvalue weighted by atomic mass is 9.98. The standard InChI is InChI=1S/C17H22FN5/c1-12-21-15(9-17(19-2)22-12)16-5-3-4-8-23(16)11-14-7-6-13(18)10-20-14/h6-7,9-10,16H,3-5,8,11H2,1-2H3,(H,19,21,22). The second-order valence-corrected chi connectivity index (χ2v) is 5.93. The molecule has 1 saturated heterocycles. The highest BCUT2D eigenvalue weighted by molar-refractivity contribution is 5.36. The summed E-state index contributed by atoms with van der Waals surface area (Å²) in [7, 11) is 1.87. The van der Waals surface area contributed by atoms with Crippen LogP contribution in [0.4, 0.5) is 10.2 Å². The maximum absolute atomic E-state index is 13.0. The van der Waals surface area contributed by atoms with Crippen molar-refractivity contribution >= 4 is 5.82 Å². The molecule has 1 N–H and O–H groups in total. The minimum absolute atomic E-state index is 0.254. The Morgan fingerprint density at radius 1 is 1.30 bits per heavy atom. The molecule has 0 spiro atoms. The van der Waals surface area contributed by atoms with Gasteiger partial charge in [-0.05, 0) is 38.4 Å². The van der Waals surface area contributed by atoms with E-state index in [-0.39, 0.29) is 11.9 Å². The fourth-order valence-corrected chi connectivity index (χ4v) is 3.11. The first-order chi connectivity index (χ1) is 11.2. The number of piperidine rings is 1. The van der Waals surface area contributed by atoms with Crippen molar-refractivity contribution < 1.29 is 4.39 Å². The van der Waals surface area contributed by atoms with Crippen LogP contribution in [-0.2, 0) is 6.54 Å². The van der Waals surface area contributed by atoms with Gasteiger partial charge < -0.3 is 5.32 Å². The highest BCUT2D eigenvalue weighted by atomic mass is 19.1. The Balaban J connectivity index is 1.83. The molecule has 1 atom stereocenters. The Kier molecular flexibility index (Phi) is 4.81. The van der Waals surface area contributed by atoms with Crippen LogP contribution >= 0.6 is 0 Å². The summed E-state index contributed by atoms with van der Waals surface area (Å²) < 4.78 is 13.0. The number of hydrogen-bond donors (Lipinski definition) is 1. The minimum atomic E-state index is -0.297. The van der Waals surface area contributed by atoms with E-state index in [1.54, 1.807) is 6.07 Å². The van der Waals surface area contributed by atoms with Gasteiger partial charge in [0.15, 0.2) is 0 Å². The lowest BCUT2D eigenvalue weighted by molar-refractivity contribution is 0.135. The predicted molar refractivity (Wildman–Crippen MR) is 87.5 cm³/mol. The van der Waals surface area contributed by atoms with Crippen LogP contribution in [0.25, 0.3) is 0 Å². The maximum atomic E-state index is 13.0. The van der Waals surface area contributed by atoms with Crippen LogP contribution in [0.1, 0.15) is 42.5 Å². The van der Waals surface area contributed by atoms with Crippen molar-refractivity contribution in [3.05, 3.63) is 47.4 Å². The van der Waals surface area contributed by atoms with Crippen LogP contribution in [0.5, 0.6) is 0 Å². The van der Waals surface area contributed by atoms with E-state index in [1.165, 1.54) is 25.1 Å². The summed E-state index contributed by atoms with van der Waals surface area (Å²) in [5.74, 6) is 1.32. The third-order valence-electron chi connectivity index (χ3n) is 4.22. The molecule has 3 rings (SSSR count). The van der Waals surface area contributed by atoms with Crippen molar-refractivity contribution in [3.8, 4) is 0 Å². The minimum Gasteiger partial charge on any atom is -0.373 e. The zero-order chi connectivity index (χ0) is 16.2. The van der Waals surface area contributed by atoms with E-state index in [2.05, 4.69) is 25.2 Å². The van der Waals surface area contributed by atoms with Crippen molar-refractivity contribution in [3.63, 3.8) is 0 Å². The first kappa shape index (κ1) is 15.8. The Labute approximate surface area is 136 Å². The molecule has 0 amide bonds. The van der Waals surface area contributed by atoms with E-state index < -0.39 is 0 Å². The summed E-state index contributed by atoms with van der Waals surface area (Å²) in [5, 5.41) is 3.09. The Hall–Kier alpha value is -2.08. The molecule has 2 aromatic rings. The fourth-order valence-electron chi connectivity index (χ4n) is 3.11. The molecule has 6 heteroatoms. The summed E-state index contributed by atoms with van der Waals surface area (Å²) in [6.45, 7) is 3.63. The van der Waals surface area contributed by atoms with Gasteiger partial charge in [0.1, 0.15) is 17.5 Å². The van der Waals surface area contributed by atoms with Crippen LogP contribution < -0.4 is 5.32 Å². The molecule has 0 saturated carbocycles. The van der Waals surface area contributed by atoms with Crippen molar-refractivity contribution in [2.24, 2.45) is 0 Å². The van der Waals surface area contributed by atoms with Gasteiger partial charge >= 0.3 is 0 Å². The number of pyridine rings is 1. The molecule has 1 aliphatic heterocycles.